The van der Waals surface area contributed by atoms with Crippen molar-refractivity contribution < 1.29 is 14.3 Å². The number of ether oxygens (including phenoxy) is 2. The van der Waals surface area contributed by atoms with Crippen molar-refractivity contribution in [2.45, 2.75) is 13.5 Å². The van der Waals surface area contributed by atoms with Crippen molar-refractivity contribution in [3.05, 3.63) is 48.2 Å². The van der Waals surface area contributed by atoms with E-state index in [2.05, 4.69) is 10.3 Å². The minimum Gasteiger partial charge on any atom is -0.497 e. The summed E-state index contributed by atoms with van der Waals surface area (Å²) in [5.74, 6) is 1.82. The Morgan fingerprint density at radius 1 is 1.15 bits per heavy atom. The van der Waals surface area contributed by atoms with E-state index in [1.165, 1.54) is 6.92 Å². The fourth-order valence-electron chi connectivity index (χ4n) is 1.61. The molecule has 0 atom stereocenters. The SMILES string of the molecule is COc1ccc(COc2ccc(NC(C)=O)nc2)cc1. The summed E-state index contributed by atoms with van der Waals surface area (Å²) in [6.45, 7) is 1.89. The molecule has 2 aromatic rings. The minimum absolute atomic E-state index is 0.149. The van der Waals surface area contributed by atoms with Crippen LogP contribution in [0.5, 0.6) is 11.5 Å². The third-order valence-electron chi connectivity index (χ3n) is 2.61. The summed E-state index contributed by atoms with van der Waals surface area (Å²) >= 11 is 0. The molecule has 1 heterocycles. The highest BCUT2D eigenvalue weighted by Crippen LogP contribution is 2.16. The Labute approximate surface area is 117 Å². The number of methoxy groups -OCH3 is 1. The number of anilines is 1. The lowest BCUT2D eigenvalue weighted by Gasteiger charge is -2.07. The fraction of sp³-hybridized carbons (Fsp3) is 0.200. The molecule has 0 saturated heterocycles. The van der Waals surface area contributed by atoms with Gasteiger partial charge in [-0.3, -0.25) is 4.79 Å². The van der Waals surface area contributed by atoms with Gasteiger partial charge >= 0.3 is 0 Å². The molecule has 1 amide bonds. The van der Waals surface area contributed by atoms with Gasteiger partial charge in [-0.05, 0) is 29.8 Å². The van der Waals surface area contributed by atoms with Crippen LogP contribution in [0.4, 0.5) is 5.82 Å². The van der Waals surface area contributed by atoms with E-state index in [1.807, 2.05) is 24.3 Å². The highest BCUT2D eigenvalue weighted by Gasteiger charge is 2.00. The first-order valence-corrected chi connectivity index (χ1v) is 6.17. The highest BCUT2D eigenvalue weighted by atomic mass is 16.5. The van der Waals surface area contributed by atoms with Crippen LogP contribution in [-0.2, 0) is 11.4 Å². The van der Waals surface area contributed by atoms with E-state index in [4.69, 9.17) is 9.47 Å². The quantitative estimate of drug-likeness (QED) is 0.909. The highest BCUT2D eigenvalue weighted by molar-refractivity contribution is 5.87. The third-order valence-corrected chi connectivity index (χ3v) is 2.61. The van der Waals surface area contributed by atoms with E-state index in [9.17, 15) is 4.79 Å². The Hall–Kier alpha value is -2.56. The Kier molecular flexibility index (Phi) is 4.55. The van der Waals surface area contributed by atoms with Crippen molar-refractivity contribution in [1.82, 2.24) is 4.98 Å². The van der Waals surface area contributed by atoms with Gasteiger partial charge in [0.2, 0.25) is 5.91 Å². The van der Waals surface area contributed by atoms with E-state index in [0.717, 1.165) is 11.3 Å². The van der Waals surface area contributed by atoms with Gasteiger partial charge in [-0.1, -0.05) is 12.1 Å². The molecule has 0 aliphatic rings. The van der Waals surface area contributed by atoms with Gasteiger partial charge < -0.3 is 14.8 Å². The van der Waals surface area contributed by atoms with E-state index >= 15 is 0 Å². The molecule has 5 nitrogen and oxygen atoms in total. The largest absolute Gasteiger partial charge is 0.497 e. The van der Waals surface area contributed by atoms with Crippen LogP contribution >= 0.6 is 0 Å². The Balaban J connectivity index is 1.91. The maximum Gasteiger partial charge on any atom is 0.222 e. The Bertz CT molecular complexity index is 565. The topological polar surface area (TPSA) is 60.5 Å². The van der Waals surface area contributed by atoms with Crippen molar-refractivity contribution in [3.63, 3.8) is 0 Å². The number of rotatable bonds is 5. The number of nitrogens with one attached hydrogen (secondary N) is 1. The van der Waals surface area contributed by atoms with Crippen LogP contribution < -0.4 is 14.8 Å². The van der Waals surface area contributed by atoms with Gasteiger partial charge in [-0.2, -0.15) is 0 Å². The van der Waals surface area contributed by atoms with E-state index in [1.54, 1.807) is 25.4 Å². The fourth-order valence-corrected chi connectivity index (χ4v) is 1.61. The number of nitrogens with zero attached hydrogens (tertiary/aromatic N) is 1. The maximum atomic E-state index is 10.9. The molecule has 1 aromatic heterocycles. The number of benzene rings is 1. The van der Waals surface area contributed by atoms with Gasteiger partial charge in [0.15, 0.2) is 0 Å². The summed E-state index contributed by atoms with van der Waals surface area (Å²) < 4.78 is 10.7. The summed E-state index contributed by atoms with van der Waals surface area (Å²) in [5, 5.41) is 2.60. The summed E-state index contributed by atoms with van der Waals surface area (Å²) in [7, 11) is 1.63. The molecule has 0 bridgehead atoms. The number of amides is 1. The molecule has 0 unspecified atom stereocenters. The lowest BCUT2D eigenvalue weighted by molar-refractivity contribution is -0.114. The van der Waals surface area contributed by atoms with E-state index in [0.29, 0.717) is 18.2 Å². The summed E-state index contributed by atoms with van der Waals surface area (Å²) in [4.78, 5) is 15.0. The number of hydrogen-bond donors (Lipinski definition) is 1. The summed E-state index contributed by atoms with van der Waals surface area (Å²) in [5.41, 5.74) is 1.04. The molecule has 0 radical (unpaired) electrons. The lowest BCUT2D eigenvalue weighted by Crippen LogP contribution is -2.07. The van der Waals surface area contributed by atoms with Crippen LogP contribution in [0.2, 0.25) is 0 Å². The van der Waals surface area contributed by atoms with Crippen LogP contribution in [0, 0.1) is 0 Å². The van der Waals surface area contributed by atoms with Crippen LogP contribution in [0.1, 0.15) is 12.5 Å². The Morgan fingerprint density at radius 3 is 2.40 bits per heavy atom. The monoisotopic (exact) mass is 272 g/mol. The van der Waals surface area contributed by atoms with Crippen molar-refractivity contribution >= 4 is 11.7 Å². The number of hydrogen-bond acceptors (Lipinski definition) is 4. The molecule has 20 heavy (non-hydrogen) atoms. The molecule has 2 rings (SSSR count). The van der Waals surface area contributed by atoms with Crippen molar-refractivity contribution in [2.24, 2.45) is 0 Å². The lowest BCUT2D eigenvalue weighted by atomic mass is 10.2. The van der Waals surface area contributed by atoms with Crippen LogP contribution in [0.3, 0.4) is 0 Å². The van der Waals surface area contributed by atoms with Crippen LogP contribution in [-0.4, -0.2) is 18.0 Å². The maximum absolute atomic E-state index is 10.9. The number of carbonyl (C=O) groups is 1. The molecule has 5 heteroatoms. The van der Waals surface area contributed by atoms with Gasteiger partial charge in [-0.15, -0.1) is 0 Å². The normalized spacial score (nSPS) is 9.90. The van der Waals surface area contributed by atoms with Gasteiger partial charge in [0.1, 0.15) is 23.9 Å². The van der Waals surface area contributed by atoms with Gasteiger partial charge in [0.25, 0.3) is 0 Å². The standard InChI is InChI=1S/C15H16N2O3/c1-11(18)17-15-8-7-14(9-16-15)20-10-12-3-5-13(19-2)6-4-12/h3-9H,10H2,1-2H3,(H,16,17,18). The summed E-state index contributed by atoms with van der Waals surface area (Å²) in [6, 6.07) is 11.1. The third kappa shape index (κ3) is 3.98. The predicted molar refractivity (Wildman–Crippen MR) is 75.9 cm³/mol. The van der Waals surface area contributed by atoms with Gasteiger partial charge in [-0.25, -0.2) is 4.98 Å². The Morgan fingerprint density at radius 2 is 1.85 bits per heavy atom. The van der Waals surface area contributed by atoms with E-state index in [-0.39, 0.29) is 5.91 Å². The molecule has 0 saturated carbocycles. The minimum atomic E-state index is -0.149. The van der Waals surface area contributed by atoms with E-state index < -0.39 is 0 Å². The molecule has 0 aliphatic carbocycles. The van der Waals surface area contributed by atoms with Gasteiger partial charge in [0.05, 0.1) is 13.3 Å². The molecule has 1 aromatic carbocycles. The van der Waals surface area contributed by atoms with Crippen LogP contribution in [0.25, 0.3) is 0 Å². The first kappa shape index (κ1) is 13.9. The van der Waals surface area contributed by atoms with Crippen molar-refractivity contribution in [3.8, 4) is 11.5 Å². The predicted octanol–water partition coefficient (Wildman–Crippen LogP) is 2.63. The first-order chi connectivity index (χ1) is 9.67. The molecule has 0 fully saturated rings. The number of aromatic nitrogens is 1. The average molecular weight is 272 g/mol. The zero-order valence-electron chi connectivity index (χ0n) is 11.4. The first-order valence-electron chi connectivity index (χ1n) is 6.17. The molecular weight excluding hydrogens is 256 g/mol. The molecule has 0 aliphatic heterocycles. The smallest absolute Gasteiger partial charge is 0.222 e. The second-order valence-corrected chi connectivity index (χ2v) is 4.20. The average Bonchev–Trinajstić information content (AvgIpc) is 2.46. The van der Waals surface area contributed by atoms with Gasteiger partial charge in [0, 0.05) is 6.92 Å². The van der Waals surface area contributed by atoms with Crippen molar-refractivity contribution in [1.29, 1.82) is 0 Å². The number of pyridine rings is 1. The molecule has 0 spiro atoms. The molecule has 104 valence electrons. The number of carbonyl (C=O) groups excluding carboxylic acids is 1. The zero-order valence-corrected chi connectivity index (χ0v) is 11.4. The summed E-state index contributed by atoms with van der Waals surface area (Å²) in [6.07, 6.45) is 1.58. The van der Waals surface area contributed by atoms with Crippen molar-refractivity contribution in [2.75, 3.05) is 12.4 Å². The van der Waals surface area contributed by atoms with Crippen LogP contribution in [0.15, 0.2) is 42.6 Å². The second-order valence-electron chi connectivity index (χ2n) is 4.20. The second kappa shape index (κ2) is 6.56. The molecular formula is C15H16N2O3. The zero-order chi connectivity index (χ0) is 14.4. The molecule has 1 N–H and O–H groups in total.